The zero-order valence-corrected chi connectivity index (χ0v) is 29.1. The van der Waals surface area contributed by atoms with Crippen molar-refractivity contribution in [2.45, 2.75) is 12.5 Å². The lowest BCUT2D eigenvalue weighted by Gasteiger charge is -2.28. The third-order valence-electron chi connectivity index (χ3n) is 10.6. The van der Waals surface area contributed by atoms with Crippen LogP contribution >= 0.6 is 0 Å². The Labute approximate surface area is 308 Å². The minimum absolute atomic E-state index is 0.0512. The quantitative estimate of drug-likeness (QED) is 0.190. The second-order valence-corrected chi connectivity index (χ2v) is 13.8. The van der Waals surface area contributed by atoms with Crippen LogP contribution in [0.4, 0.5) is 0 Å². The van der Waals surface area contributed by atoms with E-state index in [1.807, 2.05) is 18.5 Å². The Morgan fingerprint density at radius 1 is 0.604 bits per heavy atom. The molecule has 2 aliphatic rings. The monoisotopic (exact) mass is 680 g/mol. The fraction of sp³-hybridized carbons (Fsp3) is 0.0612. The van der Waals surface area contributed by atoms with E-state index in [-0.39, 0.29) is 12.0 Å². The number of hydrogen-bond donors (Lipinski definition) is 1. The minimum atomic E-state index is -0.0512. The molecular weight excluding hydrogens is 645 g/mol. The van der Waals surface area contributed by atoms with Crippen molar-refractivity contribution in [1.82, 2.24) is 14.9 Å². The van der Waals surface area contributed by atoms with Crippen LogP contribution in [-0.4, -0.2) is 15.4 Å². The highest BCUT2D eigenvalue weighted by Crippen LogP contribution is 2.43. The summed E-state index contributed by atoms with van der Waals surface area (Å²) in [5, 5.41) is 8.73. The Hall–Kier alpha value is -6.78. The summed E-state index contributed by atoms with van der Waals surface area (Å²) in [6.07, 6.45) is 15.7. The number of amidine groups is 1. The van der Waals surface area contributed by atoms with Gasteiger partial charge in [0, 0.05) is 40.3 Å². The molecule has 0 saturated carbocycles. The van der Waals surface area contributed by atoms with Crippen LogP contribution in [0, 0.1) is 5.92 Å². The van der Waals surface area contributed by atoms with Crippen molar-refractivity contribution < 1.29 is 0 Å². The summed E-state index contributed by atoms with van der Waals surface area (Å²) in [5.74, 6) is 1.17. The van der Waals surface area contributed by atoms with Crippen molar-refractivity contribution in [3.8, 4) is 27.9 Å². The highest BCUT2D eigenvalue weighted by atomic mass is 15.1. The first kappa shape index (κ1) is 31.0. The molecule has 252 valence electrons. The normalized spacial score (nSPS) is 16.8. The van der Waals surface area contributed by atoms with Gasteiger partial charge in [0.15, 0.2) is 0 Å². The fourth-order valence-corrected chi connectivity index (χ4v) is 8.16. The lowest BCUT2D eigenvalue weighted by atomic mass is 9.90. The molecule has 4 nitrogen and oxygen atoms in total. The van der Waals surface area contributed by atoms with Gasteiger partial charge in [0.05, 0.1) is 22.8 Å². The Bertz CT molecular complexity index is 2790. The summed E-state index contributed by atoms with van der Waals surface area (Å²) in [7, 11) is 0. The number of allylic oxidation sites excluding steroid dienone is 3. The lowest BCUT2D eigenvalue weighted by Crippen LogP contribution is -2.35. The molecular formula is C49H36N4. The molecule has 0 fully saturated rings. The number of aliphatic imine (C=N–C) groups is 1. The van der Waals surface area contributed by atoms with E-state index in [4.69, 9.17) is 4.99 Å². The molecule has 1 N–H and O–H groups in total. The maximum Gasteiger partial charge on any atom is 0.110 e. The highest BCUT2D eigenvalue weighted by molar-refractivity contribution is 6.18. The van der Waals surface area contributed by atoms with Gasteiger partial charge in [-0.3, -0.25) is 4.98 Å². The van der Waals surface area contributed by atoms with Crippen LogP contribution in [0.25, 0.3) is 66.2 Å². The molecule has 2 aromatic heterocycles. The van der Waals surface area contributed by atoms with Gasteiger partial charge in [-0.2, -0.15) is 0 Å². The van der Waals surface area contributed by atoms with E-state index in [9.17, 15) is 0 Å². The zero-order chi connectivity index (χ0) is 35.1. The van der Waals surface area contributed by atoms with Crippen molar-refractivity contribution in [1.29, 1.82) is 0 Å². The summed E-state index contributed by atoms with van der Waals surface area (Å²) in [4.78, 5) is 9.75. The average Bonchev–Trinajstić information content (AvgIpc) is 3.59. The average molecular weight is 681 g/mol. The van der Waals surface area contributed by atoms with Crippen LogP contribution < -0.4 is 5.32 Å². The molecule has 2 atom stereocenters. The maximum atomic E-state index is 5.38. The number of hydrogen-bond acceptors (Lipinski definition) is 3. The largest absolute Gasteiger partial charge is 0.363 e. The molecule has 8 aromatic rings. The molecule has 6 aromatic carbocycles. The van der Waals surface area contributed by atoms with Crippen LogP contribution in [-0.2, 0) is 0 Å². The number of pyridine rings is 1. The van der Waals surface area contributed by atoms with E-state index in [2.05, 4.69) is 185 Å². The van der Waals surface area contributed by atoms with Gasteiger partial charge in [-0.1, -0.05) is 133 Å². The third-order valence-corrected chi connectivity index (χ3v) is 10.6. The first-order valence-corrected chi connectivity index (χ1v) is 18.3. The Morgan fingerprint density at radius 3 is 2.19 bits per heavy atom. The summed E-state index contributed by atoms with van der Waals surface area (Å²) in [5.41, 5.74) is 11.6. The Kier molecular flexibility index (Phi) is 7.65. The number of fused-ring (bicyclic) bond motifs is 4. The number of aromatic nitrogens is 2. The van der Waals surface area contributed by atoms with E-state index in [1.165, 1.54) is 49.3 Å². The van der Waals surface area contributed by atoms with Gasteiger partial charge in [0.25, 0.3) is 0 Å². The van der Waals surface area contributed by atoms with Crippen molar-refractivity contribution in [3.63, 3.8) is 0 Å². The van der Waals surface area contributed by atoms with Crippen molar-refractivity contribution in [3.05, 3.63) is 199 Å². The molecule has 10 rings (SSSR count). The minimum Gasteiger partial charge on any atom is -0.363 e. The van der Waals surface area contributed by atoms with Crippen molar-refractivity contribution >= 4 is 44.1 Å². The standard InChI is InChI=1S/C49H36N4/c1-3-14-33(15-4-1)49-51-44(35-17-11-16-34(30-35)36-18-13-29-50-32-36)31-45(52-49)41-28-27-40(38-21-7-8-22-39(38)41)42-24-12-26-47-48(42)43-23-9-10-25-46(43)53(47)37-19-5-2-6-20-37/h1-14,16-33,44H,15H2,(H,51,52). The summed E-state index contributed by atoms with van der Waals surface area (Å²) in [6, 6.07) is 52.4. The second-order valence-electron chi connectivity index (χ2n) is 13.8. The van der Waals surface area contributed by atoms with Crippen molar-refractivity contribution in [2.24, 2.45) is 10.9 Å². The summed E-state index contributed by atoms with van der Waals surface area (Å²) >= 11 is 0. The molecule has 0 amide bonds. The molecule has 1 aliphatic heterocycles. The molecule has 3 heterocycles. The SMILES string of the molecule is C1=CCC(C2=NC(c3ccc(-c4cccc5c4c4ccccc4n5-c4ccccc4)c4ccccc34)=CC(c3cccc(-c4cccnc4)c3)N2)C=C1. The molecule has 4 heteroatoms. The van der Waals surface area contributed by atoms with Crippen LogP contribution in [0.2, 0.25) is 0 Å². The first-order valence-electron chi connectivity index (χ1n) is 18.3. The number of nitrogens with zero attached hydrogens (tertiary/aromatic N) is 3. The van der Waals surface area contributed by atoms with Crippen LogP contribution in [0.5, 0.6) is 0 Å². The predicted octanol–water partition coefficient (Wildman–Crippen LogP) is 11.9. The zero-order valence-electron chi connectivity index (χ0n) is 29.1. The molecule has 0 bridgehead atoms. The number of nitrogens with one attached hydrogen (secondary N) is 1. The van der Waals surface area contributed by atoms with Gasteiger partial charge in [0.1, 0.15) is 5.84 Å². The van der Waals surface area contributed by atoms with Gasteiger partial charge in [0.2, 0.25) is 0 Å². The fourth-order valence-electron chi connectivity index (χ4n) is 8.16. The molecule has 53 heavy (non-hydrogen) atoms. The summed E-state index contributed by atoms with van der Waals surface area (Å²) in [6.45, 7) is 0. The number of para-hydroxylation sites is 2. The highest BCUT2D eigenvalue weighted by Gasteiger charge is 2.25. The van der Waals surface area contributed by atoms with E-state index < -0.39 is 0 Å². The van der Waals surface area contributed by atoms with E-state index in [1.54, 1.807) is 0 Å². The molecule has 0 spiro atoms. The van der Waals surface area contributed by atoms with E-state index in [0.717, 1.165) is 40.3 Å². The molecule has 2 unspecified atom stereocenters. The molecule has 0 saturated heterocycles. The maximum absolute atomic E-state index is 5.38. The number of benzene rings is 6. The Balaban J connectivity index is 1.14. The van der Waals surface area contributed by atoms with Crippen molar-refractivity contribution in [2.75, 3.05) is 0 Å². The van der Waals surface area contributed by atoms with E-state index in [0.29, 0.717) is 0 Å². The van der Waals surface area contributed by atoms with E-state index >= 15 is 0 Å². The second kappa shape index (κ2) is 13.1. The predicted molar refractivity (Wildman–Crippen MR) is 221 cm³/mol. The Morgan fingerprint density at radius 2 is 1.36 bits per heavy atom. The third kappa shape index (κ3) is 5.47. The van der Waals surface area contributed by atoms with Crippen LogP contribution in [0.1, 0.15) is 23.6 Å². The molecule has 0 radical (unpaired) electrons. The van der Waals surface area contributed by atoms with Gasteiger partial charge in [-0.25, -0.2) is 4.99 Å². The molecule has 1 aliphatic carbocycles. The summed E-state index contributed by atoms with van der Waals surface area (Å²) < 4.78 is 2.39. The van der Waals surface area contributed by atoms with Crippen LogP contribution in [0.15, 0.2) is 193 Å². The topological polar surface area (TPSA) is 42.2 Å². The van der Waals surface area contributed by atoms with Gasteiger partial charge < -0.3 is 9.88 Å². The van der Waals surface area contributed by atoms with Gasteiger partial charge >= 0.3 is 0 Å². The first-order chi connectivity index (χ1) is 26.3. The lowest BCUT2D eigenvalue weighted by molar-refractivity contribution is 0.719. The smallest absolute Gasteiger partial charge is 0.110 e. The van der Waals surface area contributed by atoms with Crippen LogP contribution in [0.3, 0.4) is 0 Å². The number of rotatable bonds is 6. The van der Waals surface area contributed by atoms with Gasteiger partial charge in [-0.15, -0.1) is 0 Å². The van der Waals surface area contributed by atoms with Gasteiger partial charge in [-0.05, 0) is 87.5 Å².